The first-order valence-electron chi connectivity index (χ1n) is 11.7. The van der Waals surface area contributed by atoms with Gasteiger partial charge in [-0.1, -0.05) is 0 Å². The van der Waals surface area contributed by atoms with Crippen molar-refractivity contribution in [2.75, 3.05) is 19.8 Å². The van der Waals surface area contributed by atoms with E-state index in [9.17, 15) is 4.79 Å². The molecule has 8 heteroatoms. The number of rotatable bonds is 2. The number of imidazole rings is 1. The average molecular weight is 638 g/mol. The van der Waals surface area contributed by atoms with Crippen molar-refractivity contribution >= 4 is 9.81 Å². The molecule has 2 aromatic heterocycles. The number of aromatic nitrogens is 3. The molecule has 3 heterocycles. The molecule has 7 nitrogen and oxygen atoms in total. The van der Waals surface area contributed by atoms with Gasteiger partial charge in [-0.2, -0.15) is 0 Å². The molecule has 1 aromatic carbocycles. The monoisotopic (exact) mass is 638 g/mol. The zero-order valence-electron chi connectivity index (χ0n) is 19.2. The fourth-order valence-electron chi connectivity index (χ4n) is 3.87. The summed E-state index contributed by atoms with van der Waals surface area (Å²) in [6.07, 6.45) is 15.4. The zero-order chi connectivity index (χ0) is 24.0. The maximum absolute atomic E-state index is 13.1. The number of carbonyl (C=O) groups excluding carboxylic acids is 1. The number of amides is 1. The number of hydrogen-bond donors (Lipinski definition) is 1. The Hall–Kier alpha value is -3.15. The molecular formula is C27H26N4O3W. The first-order chi connectivity index (χ1) is 17.2. The van der Waals surface area contributed by atoms with E-state index in [1.54, 1.807) is 18.5 Å². The van der Waals surface area contributed by atoms with Crippen LogP contribution in [0.15, 0.2) is 73.4 Å². The van der Waals surface area contributed by atoms with E-state index in [0.717, 1.165) is 26.5 Å². The van der Waals surface area contributed by atoms with Crippen LogP contribution in [-0.2, 0) is 30.6 Å². The Kier molecular flexibility index (Phi) is 7.45. The molecule has 178 valence electrons. The van der Waals surface area contributed by atoms with Crippen molar-refractivity contribution in [3.05, 3.63) is 90.4 Å². The van der Waals surface area contributed by atoms with Crippen molar-refractivity contribution in [3.63, 3.8) is 0 Å². The van der Waals surface area contributed by atoms with Crippen LogP contribution < -0.4 is 10.1 Å². The molecule has 1 amide bonds. The summed E-state index contributed by atoms with van der Waals surface area (Å²) in [6, 6.07) is 9.82. The summed E-state index contributed by atoms with van der Waals surface area (Å²) in [5.41, 5.74) is 3.51. The number of nitrogens with zero attached hydrogens (tertiary/aromatic N) is 3. The van der Waals surface area contributed by atoms with Gasteiger partial charge in [0.15, 0.2) is 0 Å². The van der Waals surface area contributed by atoms with Crippen molar-refractivity contribution in [3.8, 4) is 16.9 Å². The van der Waals surface area contributed by atoms with Crippen LogP contribution in [0.1, 0.15) is 40.6 Å². The Morgan fingerprint density at radius 1 is 1.03 bits per heavy atom. The Bertz CT molecular complexity index is 1280. The second-order valence-corrected chi connectivity index (χ2v) is 10.00. The maximum atomic E-state index is 13.1. The molecule has 0 bridgehead atoms. The molecule has 0 atom stereocenters. The van der Waals surface area contributed by atoms with Crippen LogP contribution in [0.2, 0.25) is 0 Å². The molecule has 3 aromatic rings. The third kappa shape index (κ3) is 5.92. The molecule has 1 aliphatic carbocycles. The van der Waals surface area contributed by atoms with E-state index in [4.69, 9.17) is 9.47 Å². The third-order valence-electron chi connectivity index (χ3n) is 5.91. The van der Waals surface area contributed by atoms with E-state index < -0.39 is 0 Å². The number of allylic oxidation sites excluding steroid dienone is 3. The summed E-state index contributed by atoms with van der Waals surface area (Å²) in [5, 5.41) is 2.85. The van der Waals surface area contributed by atoms with Crippen molar-refractivity contribution in [2.45, 2.75) is 25.3 Å². The van der Waals surface area contributed by atoms with Gasteiger partial charge in [0.25, 0.3) is 0 Å². The minimum atomic E-state index is -0.235. The van der Waals surface area contributed by atoms with Crippen molar-refractivity contribution in [2.24, 2.45) is 0 Å². The van der Waals surface area contributed by atoms with E-state index in [1.165, 1.54) is 32.2 Å². The topological polar surface area (TPSA) is 78.3 Å². The summed E-state index contributed by atoms with van der Waals surface area (Å²) >= 11 is 1.31. The molecule has 5 rings (SSSR count). The van der Waals surface area contributed by atoms with Crippen LogP contribution in [0.3, 0.4) is 0 Å². The molecule has 1 aliphatic heterocycles. The molecule has 2 aliphatic rings. The van der Waals surface area contributed by atoms with Gasteiger partial charge in [-0.15, -0.1) is 0 Å². The van der Waals surface area contributed by atoms with Gasteiger partial charge in [-0.05, 0) is 18.9 Å². The van der Waals surface area contributed by atoms with Crippen LogP contribution in [0, 0.1) is 0 Å². The van der Waals surface area contributed by atoms with Crippen LogP contribution >= 0.6 is 0 Å². The average Bonchev–Trinajstić information content (AvgIpc) is 3.63. The summed E-state index contributed by atoms with van der Waals surface area (Å²) < 4.78 is 14.9. The molecule has 1 N–H and O–H groups in total. The van der Waals surface area contributed by atoms with Crippen molar-refractivity contribution in [1.82, 2.24) is 19.9 Å². The number of ether oxygens (including phenoxy) is 2. The molecule has 0 spiro atoms. The third-order valence-corrected chi connectivity index (χ3v) is 7.05. The molecule has 0 radical (unpaired) electrons. The standard InChI is InChI=1S/C27H26N4O3.W/c32-27-23-18-21(22-7-9-24(30-19-22)20-5-6-20)8-10-25(23)34-17-16-33-15-14-31-13-12-28-26(31)4-2-1-3-11-29-27;/h1-3,7-13,18-20H,5-6,14-17H2,(H,29,32);. The van der Waals surface area contributed by atoms with Gasteiger partial charge in [-0.25, -0.2) is 0 Å². The second kappa shape index (κ2) is 11.1. The molecule has 0 unspecified atom stereocenters. The van der Waals surface area contributed by atoms with Gasteiger partial charge in [0.1, 0.15) is 0 Å². The Morgan fingerprint density at radius 3 is 2.74 bits per heavy atom. The quantitative estimate of drug-likeness (QED) is 0.463. The van der Waals surface area contributed by atoms with Gasteiger partial charge in [0, 0.05) is 11.6 Å². The summed E-state index contributed by atoms with van der Waals surface area (Å²) in [7, 11) is 0. The summed E-state index contributed by atoms with van der Waals surface area (Å²) in [6.45, 7) is 2.03. The van der Waals surface area contributed by atoms with E-state index >= 15 is 0 Å². The number of fused-ring (bicyclic) bond motifs is 2. The van der Waals surface area contributed by atoms with Crippen LogP contribution in [-0.4, -0.2) is 44.2 Å². The summed E-state index contributed by atoms with van der Waals surface area (Å²) in [5.74, 6) is 1.83. The van der Waals surface area contributed by atoms with Gasteiger partial charge in [0.05, 0.1) is 0 Å². The Labute approximate surface area is 215 Å². The Morgan fingerprint density at radius 2 is 1.91 bits per heavy atom. The van der Waals surface area contributed by atoms with Crippen molar-refractivity contribution in [1.29, 1.82) is 0 Å². The van der Waals surface area contributed by atoms with Gasteiger partial charge in [-0.3, -0.25) is 4.98 Å². The fourth-order valence-corrected chi connectivity index (χ4v) is 4.77. The van der Waals surface area contributed by atoms with E-state index in [-0.39, 0.29) is 5.91 Å². The molecule has 1 saturated carbocycles. The van der Waals surface area contributed by atoms with Crippen LogP contribution in [0.25, 0.3) is 11.1 Å². The molecular weight excluding hydrogens is 612 g/mol. The number of pyridine rings is 1. The molecule has 35 heavy (non-hydrogen) atoms. The predicted molar refractivity (Wildman–Crippen MR) is 130 cm³/mol. The second-order valence-electron chi connectivity index (χ2n) is 8.42. The number of carbonyl (C=O) groups is 1. The molecule has 0 saturated heterocycles. The van der Waals surface area contributed by atoms with Crippen LogP contribution in [0.4, 0.5) is 0 Å². The fraction of sp³-hybridized carbons (Fsp3) is 0.259. The zero-order valence-corrected chi connectivity index (χ0v) is 22.2. The van der Waals surface area contributed by atoms with Crippen LogP contribution in [0.5, 0.6) is 5.75 Å². The number of nitrogens with one attached hydrogen (secondary N) is 1. The number of benzene rings is 1. The van der Waals surface area contributed by atoms with E-state index in [0.29, 0.717) is 43.6 Å². The normalized spacial score (nSPS) is 17.1. The SMILES string of the molecule is O=C1NC=CC=C[C](=[W])c2nccn2CCOCCOc2ccc(-c3ccc(C4CC4)nc3)cc21. The van der Waals surface area contributed by atoms with Gasteiger partial charge >= 0.3 is 180 Å². The predicted octanol–water partition coefficient (Wildman–Crippen LogP) is 3.80. The summed E-state index contributed by atoms with van der Waals surface area (Å²) in [4.78, 5) is 22.1. The van der Waals surface area contributed by atoms with Crippen molar-refractivity contribution < 1.29 is 33.6 Å². The first kappa shape index (κ1) is 23.6. The first-order valence-corrected chi connectivity index (χ1v) is 13.2. The minimum absolute atomic E-state index is 0.235. The van der Waals surface area contributed by atoms with E-state index in [1.807, 2.05) is 42.7 Å². The molecule has 1 fully saturated rings. The van der Waals surface area contributed by atoms with Gasteiger partial charge < -0.3 is 0 Å². The number of hydrogen-bond acceptors (Lipinski definition) is 5. The van der Waals surface area contributed by atoms with E-state index in [2.05, 4.69) is 32.0 Å². The Balaban J connectivity index is 1.36. The van der Waals surface area contributed by atoms with Gasteiger partial charge in [0.2, 0.25) is 0 Å².